The van der Waals surface area contributed by atoms with Crippen LogP contribution in [0, 0.1) is 10.8 Å². The minimum absolute atomic E-state index is 0.244. The van der Waals surface area contributed by atoms with E-state index in [9.17, 15) is 14.4 Å². The van der Waals surface area contributed by atoms with Crippen molar-refractivity contribution in [2.45, 2.75) is 19.4 Å². The van der Waals surface area contributed by atoms with Crippen molar-refractivity contribution in [3.05, 3.63) is 101 Å². The number of ketones is 1. The van der Waals surface area contributed by atoms with E-state index in [1.54, 1.807) is 43.3 Å². The highest BCUT2D eigenvalue weighted by molar-refractivity contribution is 6.30. The van der Waals surface area contributed by atoms with E-state index in [0.29, 0.717) is 21.9 Å². The van der Waals surface area contributed by atoms with Gasteiger partial charge in [-0.1, -0.05) is 60.1 Å². The average Bonchev–Trinajstić information content (AvgIpc) is 3.41. The van der Waals surface area contributed by atoms with Crippen molar-refractivity contribution in [3.8, 4) is 5.75 Å². The number of esters is 1. The van der Waals surface area contributed by atoms with E-state index < -0.39 is 28.6 Å². The van der Waals surface area contributed by atoms with Gasteiger partial charge in [0.05, 0.1) is 5.41 Å². The predicted molar refractivity (Wildman–Crippen MR) is 119 cm³/mol. The van der Waals surface area contributed by atoms with Crippen LogP contribution in [0.25, 0.3) is 0 Å². The second-order valence-corrected chi connectivity index (χ2v) is 8.81. The van der Waals surface area contributed by atoms with Gasteiger partial charge in [-0.25, -0.2) is 0 Å². The number of Topliss-reactive ketones (excluding diaryl/α,β-unsaturated/α-hetero) is 1. The molecule has 0 radical (unpaired) electrons. The number of hydrogen-bond acceptors (Lipinski definition) is 4. The summed E-state index contributed by atoms with van der Waals surface area (Å²) in [6.45, 7) is 1.92. The van der Waals surface area contributed by atoms with E-state index in [4.69, 9.17) is 16.3 Å². The first-order valence-electron chi connectivity index (χ1n) is 10.3. The van der Waals surface area contributed by atoms with E-state index in [1.165, 1.54) is 0 Å². The summed E-state index contributed by atoms with van der Waals surface area (Å²) in [5, 5.41) is 3.37. The van der Waals surface area contributed by atoms with Crippen molar-refractivity contribution < 1.29 is 19.1 Å². The number of benzene rings is 3. The fourth-order valence-electron chi connectivity index (χ4n) is 5.07. The van der Waals surface area contributed by atoms with Crippen LogP contribution in [0.1, 0.15) is 34.3 Å². The zero-order valence-corrected chi connectivity index (χ0v) is 18.1. The molecule has 1 heterocycles. The summed E-state index contributed by atoms with van der Waals surface area (Å²) in [6, 6.07) is 23.0. The van der Waals surface area contributed by atoms with E-state index in [2.05, 4.69) is 5.32 Å². The van der Waals surface area contributed by atoms with Gasteiger partial charge in [0.25, 0.3) is 0 Å². The molecule has 5 nitrogen and oxygen atoms in total. The first kappa shape index (κ1) is 20.5. The lowest BCUT2D eigenvalue weighted by Crippen LogP contribution is -2.45. The molecule has 1 saturated carbocycles. The Kier molecular flexibility index (Phi) is 4.68. The number of carbonyl (C=O) groups is 3. The topological polar surface area (TPSA) is 72.5 Å². The maximum Gasteiger partial charge on any atom is 0.328 e. The van der Waals surface area contributed by atoms with Crippen molar-refractivity contribution in [1.82, 2.24) is 5.32 Å². The highest BCUT2D eigenvalue weighted by Crippen LogP contribution is 2.78. The Morgan fingerprint density at radius 3 is 2.34 bits per heavy atom. The van der Waals surface area contributed by atoms with Crippen LogP contribution in [-0.4, -0.2) is 17.7 Å². The molecular weight excluding hydrogens is 426 g/mol. The summed E-state index contributed by atoms with van der Waals surface area (Å²) in [4.78, 5) is 40.6. The second kappa shape index (κ2) is 7.31. The van der Waals surface area contributed by atoms with Crippen molar-refractivity contribution in [2.75, 3.05) is 0 Å². The number of hydrogen-bond donors (Lipinski definition) is 1. The first-order chi connectivity index (χ1) is 15.4. The van der Waals surface area contributed by atoms with Gasteiger partial charge < -0.3 is 10.1 Å². The number of nitrogens with one attached hydrogen (secondary N) is 1. The van der Waals surface area contributed by atoms with Crippen LogP contribution in [0.3, 0.4) is 0 Å². The number of amides is 1. The summed E-state index contributed by atoms with van der Waals surface area (Å²) >= 11 is 5.99. The fraction of sp³-hybridized carbons (Fsp3) is 0.192. The van der Waals surface area contributed by atoms with Gasteiger partial charge in [-0.15, -0.1) is 0 Å². The average molecular weight is 446 g/mol. The molecule has 0 unspecified atom stereocenters. The predicted octanol–water partition coefficient (Wildman–Crippen LogP) is 4.55. The van der Waals surface area contributed by atoms with Crippen LogP contribution in [-0.2, 0) is 16.1 Å². The van der Waals surface area contributed by atoms with Crippen LogP contribution >= 0.6 is 11.6 Å². The molecule has 0 saturated heterocycles. The zero-order chi connectivity index (χ0) is 22.5. The Morgan fingerprint density at radius 2 is 1.62 bits per heavy atom. The normalized spacial score (nSPS) is 25.2. The Morgan fingerprint density at radius 1 is 0.969 bits per heavy atom. The molecule has 1 fully saturated rings. The maximum atomic E-state index is 13.7. The SMILES string of the molecule is C[C@]1(C(=O)c2ccc(Cl)cc2)[C@H]2c3ccccc3OC(=O)[C@]21C(=O)NCc1ccccc1. The number of para-hydroxylation sites is 1. The molecule has 1 amide bonds. The van der Waals surface area contributed by atoms with Crippen LogP contribution in [0.4, 0.5) is 0 Å². The molecule has 1 N–H and O–H groups in total. The van der Waals surface area contributed by atoms with E-state index >= 15 is 0 Å². The molecule has 3 aromatic carbocycles. The lowest BCUT2D eigenvalue weighted by Gasteiger charge is -2.23. The van der Waals surface area contributed by atoms with Crippen molar-refractivity contribution >= 4 is 29.3 Å². The highest BCUT2D eigenvalue weighted by Gasteiger charge is 2.88. The van der Waals surface area contributed by atoms with E-state index in [-0.39, 0.29) is 12.3 Å². The lowest BCUT2D eigenvalue weighted by molar-refractivity contribution is -0.149. The summed E-state index contributed by atoms with van der Waals surface area (Å²) in [7, 11) is 0. The molecule has 2 aliphatic rings. The number of fused-ring (bicyclic) bond motifs is 3. The minimum atomic E-state index is -1.63. The van der Waals surface area contributed by atoms with Crippen LogP contribution in [0.2, 0.25) is 5.02 Å². The Balaban J connectivity index is 1.57. The highest BCUT2D eigenvalue weighted by atomic mass is 35.5. The first-order valence-corrected chi connectivity index (χ1v) is 10.7. The summed E-state index contributed by atoms with van der Waals surface area (Å²) < 4.78 is 5.59. The molecule has 6 heteroatoms. The lowest BCUT2D eigenvalue weighted by atomic mass is 9.86. The molecule has 1 aliphatic carbocycles. The Labute approximate surface area is 190 Å². The monoisotopic (exact) mass is 445 g/mol. The third-order valence-electron chi connectivity index (χ3n) is 6.73. The molecule has 1 aliphatic heterocycles. The summed E-state index contributed by atoms with van der Waals surface area (Å²) in [5.41, 5.74) is -0.943. The van der Waals surface area contributed by atoms with Gasteiger partial charge in [-0.05, 0) is 42.8 Å². The van der Waals surface area contributed by atoms with Gasteiger partial charge in [0.1, 0.15) is 5.75 Å². The van der Waals surface area contributed by atoms with E-state index in [0.717, 1.165) is 5.56 Å². The van der Waals surface area contributed by atoms with Crippen LogP contribution in [0.5, 0.6) is 5.75 Å². The maximum absolute atomic E-state index is 13.7. The number of ether oxygens (including phenoxy) is 1. The molecule has 160 valence electrons. The Hall–Kier alpha value is -3.44. The standard InChI is InChI=1S/C26H20ClNO4/c1-25(22(29)17-11-13-18(27)14-12-17)21-19-9-5-6-10-20(19)32-24(31)26(21,25)23(30)28-15-16-7-3-2-4-8-16/h2-14,21H,15H2,1H3,(H,28,30)/t21-,25-,26-/m1/s1. The van der Waals surface area contributed by atoms with Gasteiger partial charge in [-0.3, -0.25) is 14.4 Å². The molecule has 0 aromatic heterocycles. The van der Waals surface area contributed by atoms with Crippen molar-refractivity contribution in [1.29, 1.82) is 0 Å². The third-order valence-corrected chi connectivity index (χ3v) is 6.98. The van der Waals surface area contributed by atoms with Crippen molar-refractivity contribution in [2.24, 2.45) is 10.8 Å². The molecular formula is C26H20ClNO4. The van der Waals surface area contributed by atoms with Crippen LogP contribution in [0.15, 0.2) is 78.9 Å². The summed E-state index contributed by atoms with van der Waals surface area (Å²) in [6.07, 6.45) is 0. The largest absolute Gasteiger partial charge is 0.425 e. The van der Waals surface area contributed by atoms with Gasteiger partial charge in [0.2, 0.25) is 5.91 Å². The van der Waals surface area contributed by atoms with Gasteiger partial charge in [-0.2, -0.15) is 0 Å². The summed E-state index contributed by atoms with van der Waals surface area (Å²) in [5.74, 6) is -1.72. The quantitative estimate of drug-likeness (QED) is 0.271. The smallest absolute Gasteiger partial charge is 0.328 e. The zero-order valence-electron chi connectivity index (χ0n) is 17.3. The van der Waals surface area contributed by atoms with Gasteiger partial charge in [0.15, 0.2) is 11.2 Å². The van der Waals surface area contributed by atoms with Crippen molar-refractivity contribution in [3.63, 3.8) is 0 Å². The molecule has 0 spiro atoms. The molecule has 32 heavy (non-hydrogen) atoms. The molecule has 0 bridgehead atoms. The number of halogens is 1. The minimum Gasteiger partial charge on any atom is -0.425 e. The second-order valence-electron chi connectivity index (χ2n) is 8.38. The molecule has 5 rings (SSSR count). The molecule has 3 aromatic rings. The van der Waals surface area contributed by atoms with Gasteiger partial charge in [0, 0.05) is 28.6 Å². The molecule has 3 atom stereocenters. The van der Waals surface area contributed by atoms with Crippen LogP contribution < -0.4 is 10.1 Å². The Bertz CT molecular complexity index is 1240. The van der Waals surface area contributed by atoms with E-state index in [1.807, 2.05) is 42.5 Å². The number of rotatable bonds is 5. The number of carbonyl (C=O) groups excluding carboxylic acids is 3. The fourth-order valence-corrected chi connectivity index (χ4v) is 5.20. The van der Waals surface area contributed by atoms with Gasteiger partial charge >= 0.3 is 5.97 Å². The third kappa shape index (κ3) is 2.74.